The zero-order valence-electron chi connectivity index (χ0n) is 33.6. The highest BCUT2D eigenvalue weighted by atomic mass is 28.3. The van der Waals surface area contributed by atoms with Crippen LogP contribution in [0.4, 0.5) is 17.1 Å². The van der Waals surface area contributed by atoms with Crippen LogP contribution in [0.3, 0.4) is 0 Å². The van der Waals surface area contributed by atoms with Gasteiger partial charge in [-0.25, -0.2) is 0 Å². The zero-order valence-corrected chi connectivity index (χ0v) is 34.6. The fourth-order valence-electron chi connectivity index (χ4n) is 10.6. The molecule has 284 valence electrons. The lowest BCUT2D eigenvalue weighted by Gasteiger charge is -2.33. The molecule has 1 aliphatic heterocycles. The predicted octanol–water partition coefficient (Wildman–Crippen LogP) is 12.4. The van der Waals surface area contributed by atoms with E-state index < -0.39 is 8.07 Å². The van der Waals surface area contributed by atoms with Crippen LogP contribution in [-0.4, -0.2) is 8.07 Å². The van der Waals surface area contributed by atoms with Crippen molar-refractivity contribution in [3.05, 3.63) is 223 Å². The van der Waals surface area contributed by atoms with Crippen LogP contribution in [0.25, 0.3) is 55.3 Å². The van der Waals surface area contributed by atoms with E-state index in [9.17, 15) is 0 Å². The summed E-state index contributed by atoms with van der Waals surface area (Å²) in [6.07, 6.45) is 0. The van der Waals surface area contributed by atoms with E-state index in [1.165, 1.54) is 65.3 Å². The highest BCUT2D eigenvalue weighted by Gasteiger charge is 2.48. The molecule has 0 bridgehead atoms. The van der Waals surface area contributed by atoms with Gasteiger partial charge in [0.2, 0.25) is 0 Å². The lowest BCUT2D eigenvalue weighted by atomic mass is 9.82. The van der Waals surface area contributed by atoms with E-state index in [-0.39, 0.29) is 5.41 Å². The SMILES string of the molecule is CC1(C)c2ccccc2-c2ccc(N(c3cccc([Si]4(c5ccc(-c6ccccc6)cc5)c5ccccc5-c5ccccc54)c3)c3ccc4oc5ccccc5c4c3)cc21. The number of fused-ring (bicyclic) bond motifs is 9. The number of rotatable bonds is 6. The third-order valence-corrected chi connectivity index (χ3v) is 18.2. The van der Waals surface area contributed by atoms with Crippen LogP contribution < -0.4 is 25.6 Å². The first-order valence-electron chi connectivity index (χ1n) is 20.9. The highest BCUT2D eigenvalue weighted by Crippen LogP contribution is 2.51. The van der Waals surface area contributed by atoms with Gasteiger partial charge in [-0.2, -0.15) is 0 Å². The summed E-state index contributed by atoms with van der Waals surface area (Å²) >= 11 is 0. The van der Waals surface area contributed by atoms with Gasteiger partial charge >= 0.3 is 0 Å². The van der Waals surface area contributed by atoms with Crippen LogP contribution in [0.1, 0.15) is 25.0 Å². The Hall–Kier alpha value is -7.20. The van der Waals surface area contributed by atoms with E-state index in [0.29, 0.717) is 0 Å². The molecule has 0 fully saturated rings. The molecule has 60 heavy (non-hydrogen) atoms. The second-order valence-corrected chi connectivity index (χ2v) is 20.6. The van der Waals surface area contributed by atoms with Crippen molar-refractivity contribution in [2.45, 2.75) is 19.3 Å². The van der Waals surface area contributed by atoms with Gasteiger partial charge in [0.25, 0.3) is 0 Å². The molecule has 0 atom stereocenters. The molecule has 0 N–H and O–H groups in total. The van der Waals surface area contributed by atoms with Gasteiger partial charge in [0.1, 0.15) is 11.2 Å². The van der Waals surface area contributed by atoms with Gasteiger partial charge in [-0.05, 0) is 114 Å². The maximum Gasteiger partial charge on any atom is 0.180 e. The van der Waals surface area contributed by atoms with Crippen LogP contribution >= 0.6 is 0 Å². The van der Waals surface area contributed by atoms with E-state index in [1.54, 1.807) is 0 Å². The molecule has 12 rings (SSSR count). The van der Waals surface area contributed by atoms with Crippen molar-refractivity contribution in [3.63, 3.8) is 0 Å². The first kappa shape index (κ1) is 34.8. The predicted molar refractivity (Wildman–Crippen MR) is 254 cm³/mol. The highest BCUT2D eigenvalue weighted by molar-refractivity contribution is 7.22. The molecule has 2 aliphatic rings. The van der Waals surface area contributed by atoms with Gasteiger partial charge in [0, 0.05) is 33.2 Å². The minimum absolute atomic E-state index is 0.139. The molecule has 0 unspecified atom stereocenters. The minimum Gasteiger partial charge on any atom is -0.456 e. The molecule has 0 spiro atoms. The average Bonchev–Trinajstić information content (AvgIpc) is 3.91. The second-order valence-electron chi connectivity index (χ2n) is 16.8. The van der Waals surface area contributed by atoms with Gasteiger partial charge in [0.05, 0.1) is 0 Å². The van der Waals surface area contributed by atoms with Crippen molar-refractivity contribution in [1.82, 2.24) is 0 Å². The Kier molecular flexibility index (Phi) is 7.63. The van der Waals surface area contributed by atoms with E-state index in [4.69, 9.17) is 4.42 Å². The quantitative estimate of drug-likeness (QED) is 0.156. The maximum atomic E-state index is 6.36. The molecule has 0 radical (unpaired) electrons. The van der Waals surface area contributed by atoms with Crippen LogP contribution in [0.15, 0.2) is 217 Å². The third-order valence-electron chi connectivity index (χ3n) is 13.4. The number of benzene rings is 9. The molecule has 1 aromatic heterocycles. The van der Waals surface area contributed by atoms with E-state index >= 15 is 0 Å². The monoisotopic (exact) mass is 783 g/mol. The van der Waals surface area contributed by atoms with E-state index in [1.807, 2.05) is 6.07 Å². The topological polar surface area (TPSA) is 16.4 Å². The molecule has 10 aromatic rings. The second kappa shape index (κ2) is 13.2. The summed E-state index contributed by atoms with van der Waals surface area (Å²) in [4.78, 5) is 2.47. The Labute approximate surface area is 351 Å². The molecular weight excluding hydrogens is 743 g/mol. The van der Waals surface area contributed by atoms with Crippen molar-refractivity contribution >= 4 is 67.8 Å². The summed E-state index contributed by atoms with van der Waals surface area (Å²) in [5, 5.41) is 7.85. The fraction of sp³-hybridized carbons (Fsp3) is 0.0526. The van der Waals surface area contributed by atoms with Gasteiger partial charge in [0.15, 0.2) is 8.07 Å². The maximum absolute atomic E-state index is 6.36. The summed E-state index contributed by atoms with van der Waals surface area (Å²) in [6, 6.07) is 79.0. The third kappa shape index (κ3) is 5.00. The molecule has 0 saturated carbocycles. The number of furan rings is 1. The first-order chi connectivity index (χ1) is 29.5. The Morgan fingerprint density at radius 2 is 0.967 bits per heavy atom. The molecule has 0 saturated heterocycles. The summed E-state index contributed by atoms with van der Waals surface area (Å²) in [5.41, 5.74) is 15.5. The number of para-hydroxylation sites is 1. The number of nitrogens with zero attached hydrogens (tertiary/aromatic N) is 1. The minimum atomic E-state index is -2.82. The normalized spacial score (nSPS) is 14.1. The number of anilines is 3. The van der Waals surface area contributed by atoms with Crippen molar-refractivity contribution in [2.24, 2.45) is 0 Å². The summed E-state index contributed by atoms with van der Waals surface area (Å²) < 4.78 is 6.36. The van der Waals surface area contributed by atoms with E-state index in [0.717, 1.165) is 39.0 Å². The van der Waals surface area contributed by atoms with E-state index in [2.05, 4.69) is 225 Å². The Morgan fingerprint density at radius 3 is 1.75 bits per heavy atom. The standard InChI is InChI=1S/C57H41NOSi/c1-57(2)51-23-10-6-19-45(51)46-33-29-42(37-52(46)57)58(41-30-34-54-50(36-41)47-20-7-11-24-53(47)59-54)40-17-14-18-44(35-40)60(43-31-27-39(28-32-43)38-15-4-3-5-16-38)55-25-12-8-21-48(55)49-22-9-13-26-56(49)60/h3-37H,1-2H3. The number of hydrogen-bond donors (Lipinski definition) is 0. The molecule has 2 nitrogen and oxygen atoms in total. The molecule has 0 amide bonds. The largest absolute Gasteiger partial charge is 0.456 e. The Balaban J connectivity index is 1.10. The lowest BCUT2D eigenvalue weighted by Crippen LogP contribution is -2.72. The van der Waals surface area contributed by atoms with Crippen molar-refractivity contribution in [2.75, 3.05) is 4.90 Å². The molecule has 2 heterocycles. The Bertz CT molecular complexity index is 3260. The molecule has 1 aliphatic carbocycles. The van der Waals surface area contributed by atoms with Crippen LogP contribution in [-0.2, 0) is 5.41 Å². The van der Waals surface area contributed by atoms with Crippen molar-refractivity contribution in [1.29, 1.82) is 0 Å². The number of hydrogen-bond acceptors (Lipinski definition) is 2. The van der Waals surface area contributed by atoms with Gasteiger partial charge in [-0.15, -0.1) is 0 Å². The summed E-state index contributed by atoms with van der Waals surface area (Å²) in [7, 11) is -2.82. The van der Waals surface area contributed by atoms with Crippen LogP contribution in [0.2, 0.25) is 0 Å². The fourth-order valence-corrected chi connectivity index (χ4v) is 15.8. The summed E-state index contributed by atoms with van der Waals surface area (Å²) in [6.45, 7) is 4.73. The molecule has 3 heteroatoms. The van der Waals surface area contributed by atoms with Crippen molar-refractivity contribution < 1.29 is 4.42 Å². The van der Waals surface area contributed by atoms with Crippen LogP contribution in [0.5, 0.6) is 0 Å². The lowest BCUT2D eigenvalue weighted by molar-refractivity contribution is 0.660. The molecular formula is C57H41NOSi. The zero-order chi connectivity index (χ0) is 40.0. The smallest absolute Gasteiger partial charge is 0.180 e. The van der Waals surface area contributed by atoms with Gasteiger partial charge < -0.3 is 9.32 Å². The first-order valence-corrected chi connectivity index (χ1v) is 22.9. The average molecular weight is 784 g/mol. The summed E-state index contributed by atoms with van der Waals surface area (Å²) in [5.74, 6) is 0. The molecule has 9 aromatic carbocycles. The van der Waals surface area contributed by atoms with Crippen molar-refractivity contribution in [3.8, 4) is 33.4 Å². The van der Waals surface area contributed by atoms with Crippen LogP contribution in [0, 0.1) is 0 Å². The van der Waals surface area contributed by atoms with Gasteiger partial charge in [-0.1, -0.05) is 178 Å². The van der Waals surface area contributed by atoms with Gasteiger partial charge in [-0.3, -0.25) is 0 Å². The Morgan fingerprint density at radius 1 is 0.383 bits per heavy atom.